The lowest BCUT2D eigenvalue weighted by Gasteiger charge is -2.00. The number of nitro groups is 1. The van der Waals surface area contributed by atoms with E-state index in [-0.39, 0.29) is 16.3 Å². The van der Waals surface area contributed by atoms with E-state index in [1.54, 1.807) is 12.1 Å². The van der Waals surface area contributed by atoms with E-state index in [4.69, 9.17) is 16.7 Å². The number of fused-ring (bicyclic) bond motifs is 1. The Morgan fingerprint density at radius 3 is 2.74 bits per heavy atom. The zero-order chi connectivity index (χ0) is 16.6. The first kappa shape index (κ1) is 15.7. The molecular weight excluding hydrogens is 360 g/mol. The summed E-state index contributed by atoms with van der Waals surface area (Å²) in [5, 5.41) is 20.0. The highest BCUT2D eigenvalue weighted by Crippen LogP contribution is 2.38. The predicted octanol–water partition coefficient (Wildman–Crippen LogP) is 4.71. The van der Waals surface area contributed by atoms with Gasteiger partial charge in [0.25, 0.3) is 5.69 Å². The summed E-state index contributed by atoms with van der Waals surface area (Å²) in [7, 11) is 0. The normalized spacial score (nSPS) is 10.8. The average molecular weight is 367 g/mol. The van der Waals surface area contributed by atoms with Crippen LogP contribution in [0.15, 0.2) is 45.6 Å². The van der Waals surface area contributed by atoms with Crippen molar-refractivity contribution in [3.63, 3.8) is 0 Å². The Balaban J connectivity index is 1.92. The number of benzene rings is 2. The molecule has 0 saturated carbocycles. The van der Waals surface area contributed by atoms with Gasteiger partial charge in [-0.1, -0.05) is 23.4 Å². The van der Waals surface area contributed by atoms with Gasteiger partial charge in [0, 0.05) is 17.0 Å². The van der Waals surface area contributed by atoms with E-state index < -0.39 is 10.9 Å². The van der Waals surface area contributed by atoms with Crippen molar-refractivity contribution in [1.82, 2.24) is 4.98 Å². The number of thiazole rings is 1. The molecule has 0 spiro atoms. The van der Waals surface area contributed by atoms with Crippen LogP contribution in [0.4, 0.5) is 5.69 Å². The molecule has 23 heavy (non-hydrogen) atoms. The Kier molecular flexibility index (Phi) is 4.20. The Morgan fingerprint density at radius 1 is 1.30 bits per heavy atom. The third-order valence-electron chi connectivity index (χ3n) is 2.94. The second kappa shape index (κ2) is 6.15. The standard InChI is InChI=1S/C14H7ClN2O4S2/c15-9-6-8(17(20)21)2-4-11(9)22-14-16-10-5-7(13(18)19)1-3-12(10)23-14/h1-6H,(H,18,19). The van der Waals surface area contributed by atoms with Gasteiger partial charge >= 0.3 is 5.97 Å². The van der Waals surface area contributed by atoms with Crippen LogP contribution >= 0.6 is 34.7 Å². The van der Waals surface area contributed by atoms with Crippen molar-refractivity contribution in [2.24, 2.45) is 0 Å². The van der Waals surface area contributed by atoms with Gasteiger partial charge in [-0.15, -0.1) is 11.3 Å². The lowest BCUT2D eigenvalue weighted by atomic mass is 10.2. The summed E-state index contributed by atoms with van der Waals surface area (Å²) in [6.45, 7) is 0. The highest BCUT2D eigenvalue weighted by Gasteiger charge is 2.13. The number of carboxylic acid groups (broad SMARTS) is 1. The van der Waals surface area contributed by atoms with E-state index in [1.165, 1.54) is 47.4 Å². The minimum absolute atomic E-state index is 0.0743. The molecule has 1 N–H and O–H groups in total. The third kappa shape index (κ3) is 3.29. The second-order valence-corrected chi connectivity index (χ2v) is 7.17. The van der Waals surface area contributed by atoms with Gasteiger partial charge in [-0.25, -0.2) is 9.78 Å². The van der Waals surface area contributed by atoms with Crippen molar-refractivity contribution in [2.75, 3.05) is 0 Å². The van der Waals surface area contributed by atoms with E-state index in [0.717, 1.165) is 4.70 Å². The molecule has 0 saturated heterocycles. The largest absolute Gasteiger partial charge is 0.478 e. The van der Waals surface area contributed by atoms with Crippen LogP contribution in [-0.2, 0) is 0 Å². The highest BCUT2D eigenvalue weighted by molar-refractivity contribution is 8.01. The van der Waals surface area contributed by atoms with Crippen molar-refractivity contribution in [3.8, 4) is 0 Å². The molecule has 2 aromatic carbocycles. The Morgan fingerprint density at radius 2 is 2.09 bits per heavy atom. The van der Waals surface area contributed by atoms with Crippen LogP contribution in [0.25, 0.3) is 10.2 Å². The van der Waals surface area contributed by atoms with Gasteiger partial charge in [0.05, 0.1) is 25.7 Å². The van der Waals surface area contributed by atoms with Gasteiger partial charge in [0.1, 0.15) is 0 Å². The maximum absolute atomic E-state index is 11.0. The summed E-state index contributed by atoms with van der Waals surface area (Å²) in [6, 6.07) is 8.98. The van der Waals surface area contributed by atoms with E-state index in [1.807, 2.05) is 0 Å². The van der Waals surface area contributed by atoms with Gasteiger partial charge in [0.15, 0.2) is 4.34 Å². The number of hydrogen-bond donors (Lipinski definition) is 1. The number of carbonyl (C=O) groups is 1. The summed E-state index contributed by atoms with van der Waals surface area (Å²) >= 11 is 8.74. The summed E-state index contributed by atoms with van der Waals surface area (Å²) < 4.78 is 1.54. The number of nitrogens with zero attached hydrogens (tertiary/aromatic N) is 2. The summed E-state index contributed by atoms with van der Waals surface area (Å²) in [5.74, 6) is -1.01. The zero-order valence-electron chi connectivity index (χ0n) is 11.2. The van der Waals surface area contributed by atoms with Gasteiger partial charge in [-0.05, 0) is 24.3 Å². The van der Waals surface area contributed by atoms with Crippen LogP contribution in [0.5, 0.6) is 0 Å². The van der Waals surface area contributed by atoms with Crippen molar-refractivity contribution in [1.29, 1.82) is 0 Å². The number of carboxylic acids is 1. The van der Waals surface area contributed by atoms with Gasteiger partial charge in [-0.3, -0.25) is 10.1 Å². The first-order valence-corrected chi connectivity index (χ1v) is 8.21. The third-order valence-corrected chi connectivity index (χ3v) is 5.54. The zero-order valence-corrected chi connectivity index (χ0v) is 13.6. The lowest BCUT2D eigenvalue weighted by Crippen LogP contribution is -1.94. The van der Waals surface area contributed by atoms with E-state index in [0.29, 0.717) is 14.8 Å². The van der Waals surface area contributed by atoms with E-state index in [2.05, 4.69) is 4.98 Å². The highest BCUT2D eigenvalue weighted by atomic mass is 35.5. The number of halogens is 1. The Labute approximate surface area is 142 Å². The minimum atomic E-state index is -1.01. The average Bonchev–Trinajstić information content (AvgIpc) is 2.90. The van der Waals surface area contributed by atoms with Crippen LogP contribution in [0.1, 0.15) is 10.4 Å². The molecule has 0 aliphatic carbocycles. The second-order valence-electron chi connectivity index (χ2n) is 4.44. The molecule has 6 nitrogen and oxygen atoms in total. The van der Waals surface area contributed by atoms with Crippen molar-refractivity contribution in [3.05, 3.63) is 57.1 Å². The molecule has 116 valence electrons. The van der Waals surface area contributed by atoms with Crippen LogP contribution in [0.3, 0.4) is 0 Å². The van der Waals surface area contributed by atoms with Gasteiger partial charge in [-0.2, -0.15) is 0 Å². The molecule has 0 fully saturated rings. The maximum atomic E-state index is 11.0. The molecule has 9 heteroatoms. The van der Waals surface area contributed by atoms with Crippen LogP contribution in [0.2, 0.25) is 5.02 Å². The number of hydrogen-bond acceptors (Lipinski definition) is 6. The molecule has 0 unspecified atom stereocenters. The fourth-order valence-corrected chi connectivity index (χ4v) is 4.16. The van der Waals surface area contributed by atoms with Crippen molar-refractivity contribution < 1.29 is 14.8 Å². The molecule has 0 radical (unpaired) electrons. The number of aromatic nitrogens is 1. The monoisotopic (exact) mass is 366 g/mol. The topological polar surface area (TPSA) is 93.3 Å². The summed E-state index contributed by atoms with van der Waals surface area (Å²) in [5.41, 5.74) is 0.693. The maximum Gasteiger partial charge on any atom is 0.335 e. The molecule has 0 aliphatic heterocycles. The fourth-order valence-electron chi connectivity index (χ4n) is 1.86. The number of rotatable bonds is 4. The first-order chi connectivity index (χ1) is 10.9. The van der Waals surface area contributed by atoms with Crippen molar-refractivity contribution >= 4 is 56.6 Å². The van der Waals surface area contributed by atoms with Crippen LogP contribution in [0, 0.1) is 10.1 Å². The lowest BCUT2D eigenvalue weighted by molar-refractivity contribution is -0.384. The molecule has 0 aliphatic rings. The molecule has 3 rings (SSSR count). The fraction of sp³-hybridized carbons (Fsp3) is 0. The molecule has 0 atom stereocenters. The number of nitro benzene ring substituents is 1. The molecule has 0 amide bonds. The minimum Gasteiger partial charge on any atom is -0.478 e. The molecular formula is C14H7ClN2O4S2. The smallest absolute Gasteiger partial charge is 0.335 e. The molecule has 1 heterocycles. The van der Waals surface area contributed by atoms with Gasteiger partial charge in [0.2, 0.25) is 0 Å². The Hall–Kier alpha value is -2.16. The summed E-state index contributed by atoms with van der Waals surface area (Å²) in [4.78, 5) is 26.2. The van der Waals surface area contributed by atoms with Crippen LogP contribution < -0.4 is 0 Å². The first-order valence-electron chi connectivity index (χ1n) is 6.20. The molecule has 1 aromatic heterocycles. The summed E-state index contributed by atoms with van der Waals surface area (Å²) in [6.07, 6.45) is 0. The van der Waals surface area contributed by atoms with Gasteiger partial charge < -0.3 is 5.11 Å². The predicted molar refractivity (Wildman–Crippen MR) is 88.8 cm³/mol. The Bertz CT molecular complexity index is 942. The molecule has 3 aromatic rings. The quantitative estimate of drug-likeness (QED) is 0.531. The molecule has 0 bridgehead atoms. The van der Waals surface area contributed by atoms with Crippen molar-refractivity contribution in [2.45, 2.75) is 9.24 Å². The van der Waals surface area contributed by atoms with E-state index >= 15 is 0 Å². The van der Waals surface area contributed by atoms with Crippen LogP contribution in [-0.4, -0.2) is 21.0 Å². The SMILES string of the molecule is O=C(O)c1ccc2sc(Sc3ccc([N+](=O)[O-])cc3Cl)nc2c1. The van der Waals surface area contributed by atoms with E-state index in [9.17, 15) is 14.9 Å². The number of non-ortho nitro benzene ring substituents is 1. The number of aromatic carboxylic acids is 1.